The highest BCUT2D eigenvalue weighted by Crippen LogP contribution is 2.41. The zero-order valence-corrected chi connectivity index (χ0v) is 17.7. The van der Waals surface area contributed by atoms with Gasteiger partial charge in [-0.05, 0) is 42.7 Å². The average Bonchev–Trinajstić information content (AvgIpc) is 3.24. The van der Waals surface area contributed by atoms with Crippen LogP contribution in [0.25, 0.3) is 0 Å². The molecule has 2 aliphatic heterocycles. The molecule has 0 radical (unpaired) electrons. The molecule has 0 spiro atoms. The molecule has 2 aliphatic rings. The minimum absolute atomic E-state index is 0.123. The molecule has 1 saturated heterocycles. The van der Waals surface area contributed by atoms with Crippen LogP contribution < -0.4 is 19.5 Å². The van der Waals surface area contributed by atoms with Gasteiger partial charge in [0.15, 0.2) is 11.5 Å². The second-order valence-corrected chi connectivity index (χ2v) is 9.11. The zero-order valence-electron chi connectivity index (χ0n) is 16.9. The number of carbonyl (C=O) groups is 1. The molecule has 8 nitrogen and oxygen atoms in total. The average molecular weight is 432 g/mol. The number of carbonyl (C=O) groups excluding carboxylic acids is 1. The molecule has 2 heterocycles. The summed E-state index contributed by atoms with van der Waals surface area (Å²) in [5.41, 5.74) is 1.30. The smallest absolute Gasteiger partial charge is 0.243 e. The highest BCUT2D eigenvalue weighted by Gasteiger charge is 2.37. The van der Waals surface area contributed by atoms with E-state index in [1.807, 2.05) is 18.2 Å². The Bertz CT molecular complexity index is 1070. The summed E-state index contributed by atoms with van der Waals surface area (Å²) in [4.78, 5) is 11.5. The largest absolute Gasteiger partial charge is 0.495 e. The van der Waals surface area contributed by atoms with Crippen molar-refractivity contribution in [2.24, 2.45) is 0 Å². The van der Waals surface area contributed by atoms with Gasteiger partial charge in [0.25, 0.3) is 0 Å². The number of fused-ring (bicyclic) bond motifs is 1. The highest BCUT2D eigenvalue weighted by atomic mass is 32.2. The first kappa shape index (κ1) is 20.5. The molecule has 9 heteroatoms. The maximum Gasteiger partial charge on any atom is 0.243 e. The van der Waals surface area contributed by atoms with Crippen LogP contribution in [-0.2, 0) is 14.8 Å². The number of rotatable bonds is 5. The van der Waals surface area contributed by atoms with Crippen LogP contribution in [-0.4, -0.2) is 45.5 Å². The number of amides is 1. The molecule has 0 aliphatic carbocycles. The van der Waals surface area contributed by atoms with Crippen molar-refractivity contribution in [1.82, 2.24) is 4.31 Å². The van der Waals surface area contributed by atoms with Crippen molar-refractivity contribution in [3.63, 3.8) is 0 Å². The van der Waals surface area contributed by atoms with Gasteiger partial charge in [-0.1, -0.05) is 6.07 Å². The molecular weight excluding hydrogens is 408 g/mol. The van der Waals surface area contributed by atoms with E-state index in [1.54, 1.807) is 6.07 Å². The molecule has 1 amide bonds. The summed E-state index contributed by atoms with van der Waals surface area (Å²) in [6.07, 6.45) is 1.49. The van der Waals surface area contributed by atoms with Gasteiger partial charge < -0.3 is 19.5 Å². The minimum atomic E-state index is -3.77. The lowest BCUT2D eigenvalue weighted by Crippen LogP contribution is -2.31. The normalized spacial score (nSPS) is 18.8. The third kappa shape index (κ3) is 3.82. The molecule has 160 valence electrons. The minimum Gasteiger partial charge on any atom is -0.495 e. The van der Waals surface area contributed by atoms with Crippen molar-refractivity contribution >= 4 is 21.6 Å². The van der Waals surface area contributed by atoms with Crippen molar-refractivity contribution in [2.45, 2.75) is 30.7 Å². The predicted molar refractivity (Wildman–Crippen MR) is 111 cm³/mol. The molecule has 1 atom stereocenters. The maximum absolute atomic E-state index is 13.4. The van der Waals surface area contributed by atoms with Gasteiger partial charge in [0.05, 0.1) is 23.7 Å². The molecule has 1 N–H and O–H groups in total. The number of ether oxygens (including phenoxy) is 3. The summed E-state index contributed by atoms with van der Waals surface area (Å²) >= 11 is 0. The molecule has 1 fully saturated rings. The van der Waals surface area contributed by atoms with Gasteiger partial charge in [-0.25, -0.2) is 8.42 Å². The number of benzene rings is 2. The van der Waals surface area contributed by atoms with Crippen molar-refractivity contribution < 1.29 is 27.4 Å². The van der Waals surface area contributed by atoms with Crippen molar-refractivity contribution in [2.75, 3.05) is 32.2 Å². The molecular formula is C21H24N2O6S. The fourth-order valence-electron chi connectivity index (χ4n) is 3.89. The van der Waals surface area contributed by atoms with E-state index >= 15 is 0 Å². The molecule has 0 aromatic heterocycles. The van der Waals surface area contributed by atoms with Gasteiger partial charge in [0.1, 0.15) is 19.0 Å². The zero-order chi connectivity index (χ0) is 21.3. The van der Waals surface area contributed by atoms with E-state index in [0.29, 0.717) is 42.7 Å². The SMILES string of the molecule is COc1cc(S(=O)(=O)N2CCC[C@H]2c2ccc3c(c2)OCCO3)ccc1NC(C)=O. The van der Waals surface area contributed by atoms with Gasteiger partial charge in [0, 0.05) is 19.5 Å². The van der Waals surface area contributed by atoms with Crippen LogP contribution in [0, 0.1) is 0 Å². The third-order valence-electron chi connectivity index (χ3n) is 5.24. The van der Waals surface area contributed by atoms with E-state index in [0.717, 1.165) is 18.4 Å². The van der Waals surface area contributed by atoms with E-state index in [4.69, 9.17) is 14.2 Å². The van der Waals surface area contributed by atoms with Crippen molar-refractivity contribution in [3.8, 4) is 17.2 Å². The monoisotopic (exact) mass is 432 g/mol. The van der Waals surface area contributed by atoms with Gasteiger partial charge >= 0.3 is 0 Å². The Labute approximate surface area is 175 Å². The van der Waals surface area contributed by atoms with E-state index < -0.39 is 10.0 Å². The number of methoxy groups -OCH3 is 1. The van der Waals surface area contributed by atoms with Gasteiger partial charge in [-0.15, -0.1) is 0 Å². The Balaban J connectivity index is 1.66. The fraction of sp³-hybridized carbons (Fsp3) is 0.381. The molecule has 4 rings (SSSR count). The van der Waals surface area contributed by atoms with Crippen LogP contribution in [0.4, 0.5) is 5.69 Å². The van der Waals surface area contributed by atoms with Gasteiger partial charge in [0.2, 0.25) is 15.9 Å². The summed E-state index contributed by atoms with van der Waals surface area (Å²) in [7, 11) is -2.33. The van der Waals surface area contributed by atoms with Crippen LogP contribution in [0.2, 0.25) is 0 Å². The summed E-state index contributed by atoms with van der Waals surface area (Å²) < 4.78 is 44.9. The topological polar surface area (TPSA) is 94.2 Å². The van der Waals surface area contributed by atoms with Crippen molar-refractivity contribution in [1.29, 1.82) is 0 Å². The Morgan fingerprint density at radius 3 is 2.63 bits per heavy atom. The second kappa shape index (κ2) is 8.16. The lowest BCUT2D eigenvalue weighted by Gasteiger charge is -2.26. The Morgan fingerprint density at radius 2 is 1.90 bits per heavy atom. The van der Waals surface area contributed by atoms with Crippen LogP contribution in [0.15, 0.2) is 41.3 Å². The van der Waals surface area contributed by atoms with Crippen molar-refractivity contribution in [3.05, 3.63) is 42.0 Å². The number of nitrogens with zero attached hydrogens (tertiary/aromatic N) is 1. The Hall–Kier alpha value is -2.78. The quantitative estimate of drug-likeness (QED) is 0.781. The molecule has 0 saturated carbocycles. The number of hydrogen-bond donors (Lipinski definition) is 1. The standard InChI is InChI=1S/C21H24N2O6S/c1-14(24)22-17-7-6-16(13-20(17)27-2)30(25,26)23-9-3-4-18(23)15-5-8-19-21(12-15)29-11-10-28-19/h5-8,12-13,18H,3-4,9-11H2,1-2H3,(H,22,24)/t18-/m0/s1. The molecule has 30 heavy (non-hydrogen) atoms. The third-order valence-corrected chi connectivity index (χ3v) is 7.15. The molecule has 2 aromatic carbocycles. The lowest BCUT2D eigenvalue weighted by molar-refractivity contribution is -0.114. The summed E-state index contributed by atoms with van der Waals surface area (Å²) in [5, 5.41) is 2.64. The summed E-state index contributed by atoms with van der Waals surface area (Å²) in [6, 6.07) is 9.79. The van der Waals surface area contributed by atoms with Crippen LogP contribution in [0.1, 0.15) is 31.4 Å². The van der Waals surface area contributed by atoms with Crippen LogP contribution in [0.5, 0.6) is 17.2 Å². The number of hydrogen-bond acceptors (Lipinski definition) is 6. The fourth-order valence-corrected chi connectivity index (χ4v) is 5.59. The van der Waals surface area contributed by atoms with E-state index in [9.17, 15) is 13.2 Å². The second-order valence-electron chi connectivity index (χ2n) is 7.22. The molecule has 2 aromatic rings. The first-order valence-electron chi connectivity index (χ1n) is 9.77. The van der Waals surface area contributed by atoms with Gasteiger partial charge in [-0.3, -0.25) is 4.79 Å². The van der Waals surface area contributed by atoms with E-state index in [2.05, 4.69) is 5.32 Å². The predicted octanol–water partition coefficient (Wildman–Crippen LogP) is 2.95. The molecule has 0 unspecified atom stereocenters. The van der Waals surface area contributed by atoms with E-state index in [1.165, 1.54) is 30.5 Å². The van der Waals surface area contributed by atoms with Gasteiger partial charge in [-0.2, -0.15) is 4.31 Å². The lowest BCUT2D eigenvalue weighted by atomic mass is 10.0. The van der Waals surface area contributed by atoms with Crippen LogP contribution in [0.3, 0.4) is 0 Å². The number of anilines is 1. The first-order valence-corrected chi connectivity index (χ1v) is 11.2. The number of sulfonamides is 1. The Kier molecular flexibility index (Phi) is 5.57. The maximum atomic E-state index is 13.4. The van der Waals surface area contributed by atoms with E-state index in [-0.39, 0.29) is 16.8 Å². The van der Waals surface area contributed by atoms with Crippen LogP contribution >= 0.6 is 0 Å². The first-order chi connectivity index (χ1) is 14.4. The summed E-state index contributed by atoms with van der Waals surface area (Å²) in [5.74, 6) is 1.35. The summed E-state index contributed by atoms with van der Waals surface area (Å²) in [6.45, 7) is 2.79. The Morgan fingerprint density at radius 1 is 1.13 bits per heavy atom. The number of nitrogens with one attached hydrogen (secondary N) is 1. The highest BCUT2D eigenvalue weighted by molar-refractivity contribution is 7.89. The molecule has 0 bridgehead atoms.